The van der Waals surface area contributed by atoms with Crippen LogP contribution in [0.1, 0.15) is 33.1 Å². The highest BCUT2D eigenvalue weighted by atomic mass is 16.5. The predicted molar refractivity (Wildman–Crippen MR) is 55.7 cm³/mol. The molecule has 0 amide bonds. The van der Waals surface area contributed by atoms with Crippen molar-refractivity contribution in [3.05, 3.63) is 0 Å². The van der Waals surface area contributed by atoms with Crippen molar-refractivity contribution in [2.45, 2.75) is 33.1 Å². The molecule has 2 heteroatoms. The molecule has 0 aromatic heterocycles. The minimum Gasteiger partial charge on any atom is -0.376 e. The van der Waals surface area contributed by atoms with Crippen molar-refractivity contribution in [1.29, 1.82) is 0 Å². The molecule has 0 atom stereocenters. The van der Waals surface area contributed by atoms with E-state index in [0.717, 1.165) is 13.2 Å². The summed E-state index contributed by atoms with van der Waals surface area (Å²) in [6.07, 6.45) is 4.16. The van der Waals surface area contributed by atoms with Gasteiger partial charge in [-0.2, -0.15) is 0 Å². The third-order valence-corrected chi connectivity index (χ3v) is 3.13. The Bertz CT molecular complexity index is 130. The minimum atomic E-state index is 0.867. The second-order valence-electron chi connectivity index (χ2n) is 4.14. The number of rotatable bonds is 6. The minimum absolute atomic E-state index is 0.867. The van der Waals surface area contributed by atoms with E-state index in [0.29, 0.717) is 0 Å². The summed E-state index contributed by atoms with van der Waals surface area (Å²) in [5, 5.41) is 0. The quantitative estimate of drug-likeness (QED) is 0.455. The van der Waals surface area contributed by atoms with E-state index < -0.39 is 0 Å². The van der Waals surface area contributed by atoms with Gasteiger partial charge in [-0.25, -0.2) is 0 Å². The molecule has 1 aliphatic heterocycles. The first-order chi connectivity index (χ1) is 6.33. The first-order valence-electron chi connectivity index (χ1n) is 5.76. The average molecular weight is 186 g/mol. The largest absolute Gasteiger partial charge is 0.376 e. The molecule has 0 spiro atoms. The van der Waals surface area contributed by atoms with Gasteiger partial charge in [-0.3, -0.25) is 0 Å². The summed E-state index contributed by atoms with van der Waals surface area (Å²) in [4.78, 5) is 0. The molecule has 1 rings (SSSR count). The molecule has 0 bridgehead atoms. The summed E-state index contributed by atoms with van der Waals surface area (Å²) in [5.41, 5.74) is 0. The van der Waals surface area contributed by atoms with Gasteiger partial charge in [0, 0.05) is 19.4 Å². The summed E-state index contributed by atoms with van der Waals surface area (Å²) in [7, 11) is 0. The van der Waals surface area contributed by atoms with Gasteiger partial charge in [-0.05, 0) is 13.3 Å². The summed E-state index contributed by atoms with van der Waals surface area (Å²) >= 11 is 0. The van der Waals surface area contributed by atoms with E-state index in [4.69, 9.17) is 4.74 Å². The Hall–Kier alpha value is -0.0800. The van der Waals surface area contributed by atoms with Crippen LogP contribution in [0.25, 0.3) is 0 Å². The van der Waals surface area contributed by atoms with E-state index in [2.05, 4.69) is 13.8 Å². The lowest BCUT2D eigenvalue weighted by Crippen LogP contribution is -2.48. The van der Waals surface area contributed by atoms with Crippen LogP contribution < -0.4 is 0 Å². The monoisotopic (exact) mass is 186 g/mol. The van der Waals surface area contributed by atoms with Crippen LogP contribution in [0.2, 0.25) is 0 Å². The number of hydrogen-bond donors (Lipinski definition) is 0. The zero-order chi connectivity index (χ0) is 9.57. The third-order valence-electron chi connectivity index (χ3n) is 3.13. The van der Waals surface area contributed by atoms with Crippen molar-refractivity contribution in [2.75, 3.05) is 39.4 Å². The molecule has 0 aromatic carbocycles. The van der Waals surface area contributed by atoms with Gasteiger partial charge >= 0.3 is 0 Å². The molecule has 2 nitrogen and oxygen atoms in total. The molecule has 13 heavy (non-hydrogen) atoms. The molecule has 0 radical (unpaired) electrons. The molecule has 0 N–H and O–H groups in total. The molecule has 0 saturated carbocycles. The number of nitrogens with zero attached hydrogens (tertiary/aromatic N) is 1. The van der Waals surface area contributed by atoms with Crippen LogP contribution in [0, 0.1) is 0 Å². The first kappa shape index (κ1) is 11.0. The maximum Gasteiger partial charge on any atom is 0.102 e. The molecule has 0 aliphatic carbocycles. The van der Waals surface area contributed by atoms with Gasteiger partial charge < -0.3 is 9.22 Å². The van der Waals surface area contributed by atoms with Crippen LogP contribution in [-0.2, 0) is 4.74 Å². The van der Waals surface area contributed by atoms with Gasteiger partial charge in [-0.15, -0.1) is 0 Å². The number of ether oxygens (including phenoxy) is 1. The summed E-state index contributed by atoms with van der Waals surface area (Å²) in [5.74, 6) is 0. The van der Waals surface area contributed by atoms with Crippen molar-refractivity contribution in [3.63, 3.8) is 0 Å². The average Bonchev–Trinajstić information content (AvgIpc) is 2.55. The summed E-state index contributed by atoms with van der Waals surface area (Å²) in [6.45, 7) is 11.6. The molecular formula is C11H24NO+. The van der Waals surface area contributed by atoms with Crippen LogP contribution >= 0.6 is 0 Å². The van der Waals surface area contributed by atoms with Crippen LogP contribution in [0.15, 0.2) is 0 Å². The maximum absolute atomic E-state index is 5.45. The molecule has 1 aliphatic rings. The molecule has 78 valence electrons. The van der Waals surface area contributed by atoms with Crippen molar-refractivity contribution < 1.29 is 9.22 Å². The molecular weight excluding hydrogens is 162 g/mol. The van der Waals surface area contributed by atoms with Gasteiger partial charge in [0.2, 0.25) is 0 Å². The van der Waals surface area contributed by atoms with Gasteiger partial charge in [0.1, 0.15) is 6.54 Å². The molecule has 0 unspecified atom stereocenters. The van der Waals surface area contributed by atoms with Crippen LogP contribution in [0.4, 0.5) is 0 Å². The molecule has 1 heterocycles. The van der Waals surface area contributed by atoms with Crippen LogP contribution in [-0.4, -0.2) is 43.9 Å². The summed E-state index contributed by atoms with van der Waals surface area (Å²) < 4.78 is 6.78. The van der Waals surface area contributed by atoms with Gasteiger partial charge in [0.15, 0.2) is 0 Å². The van der Waals surface area contributed by atoms with Crippen molar-refractivity contribution in [1.82, 2.24) is 0 Å². The Balaban J connectivity index is 2.28. The fourth-order valence-electron chi connectivity index (χ4n) is 2.44. The standard InChI is InChI=1S/C11H24NO/c1-3-7-12(8-5-6-9-12)10-11-13-4-2/h3-11H2,1-2H3/q+1. The normalized spacial score (nSPS) is 20.8. The van der Waals surface area contributed by atoms with Gasteiger partial charge in [-0.1, -0.05) is 6.92 Å². The number of likely N-dealkylation sites (tertiary alicyclic amines) is 1. The second kappa shape index (κ2) is 5.61. The maximum atomic E-state index is 5.45. The molecule has 1 saturated heterocycles. The van der Waals surface area contributed by atoms with E-state index in [1.807, 2.05) is 0 Å². The van der Waals surface area contributed by atoms with E-state index in [-0.39, 0.29) is 0 Å². The number of hydrogen-bond acceptors (Lipinski definition) is 1. The van der Waals surface area contributed by atoms with Crippen LogP contribution in [0.3, 0.4) is 0 Å². The molecule has 1 fully saturated rings. The molecule has 0 aromatic rings. The Kier molecular flexibility index (Phi) is 4.74. The Labute approximate surface area is 82.5 Å². The van der Waals surface area contributed by atoms with E-state index in [1.165, 1.54) is 49.9 Å². The topological polar surface area (TPSA) is 9.23 Å². The van der Waals surface area contributed by atoms with Gasteiger partial charge in [0.25, 0.3) is 0 Å². The first-order valence-corrected chi connectivity index (χ1v) is 5.76. The third kappa shape index (κ3) is 3.28. The van der Waals surface area contributed by atoms with E-state index in [1.54, 1.807) is 0 Å². The zero-order valence-electron chi connectivity index (χ0n) is 9.22. The Morgan fingerprint density at radius 2 is 1.77 bits per heavy atom. The highest BCUT2D eigenvalue weighted by molar-refractivity contribution is 4.54. The Morgan fingerprint density at radius 1 is 1.08 bits per heavy atom. The number of quaternary nitrogens is 1. The summed E-state index contributed by atoms with van der Waals surface area (Å²) in [6, 6.07) is 0. The highest BCUT2D eigenvalue weighted by Gasteiger charge is 2.30. The van der Waals surface area contributed by atoms with Crippen LogP contribution in [0.5, 0.6) is 0 Å². The lowest BCUT2D eigenvalue weighted by Gasteiger charge is -2.33. The van der Waals surface area contributed by atoms with E-state index in [9.17, 15) is 0 Å². The second-order valence-corrected chi connectivity index (χ2v) is 4.14. The van der Waals surface area contributed by atoms with Crippen molar-refractivity contribution >= 4 is 0 Å². The predicted octanol–water partition coefficient (Wildman–Crippen LogP) is 2.04. The van der Waals surface area contributed by atoms with Gasteiger partial charge in [0.05, 0.1) is 26.2 Å². The SMILES string of the molecule is CCC[N+]1(CCOCC)CCCC1. The smallest absolute Gasteiger partial charge is 0.102 e. The lowest BCUT2D eigenvalue weighted by molar-refractivity contribution is -0.917. The lowest BCUT2D eigenvalue weighted by atomic mass is 10.3. The fraction of sp³-hybridized carbons (Fsp3) is 1.00. The highest BCUT2D eigenvalue weighted by Crippen LogP contribution is 2.19. The van der Waals surface area contributed by atoms with Crippen molar-refractivity contribution in [3.8, 4) is 0 Å². The fourth-order valence-corrected chi connectivity index (χ4v) is 2.44. The zero-order valence-corrected chi connectivity index (χ0v) is 9.22. The van der Waals surface area contributed by atoms with E-state index >= 15 is 0 Å². The van der Waals surface area contributed by atoms with Crippen molar-refractivity contribution in [2.24, 2.45) is 0 Å². The Morgan fingerprint density at radius 3 is 2.31 bits per heavy atom.